The van der Waals surface area contributed by atoms with Crippen molar-refractivity contribution in [2.24, 2.45) is 5.92 Å². The van der Waals surface area contributed by atoms with Crippen molar-refractivity contribution in [1.29, 1.82) is 0 Å². The van der Waals surface area contributed by atoms with Crippen LogP contribution in [0.1, 0.15) is 11.1 Å². The Balaban J connectivity index is 1.95. The van der Waals surface area contributed by atoms with Crippen LogP contribution < -0.4 is 4.74 Å². The fraction of sp³-hybridized carbons (Fsp3) is 0.278. The summed E-state index contributed by atoms with van der Waals surface area (Å²) in [6, 6.07) is 13.9. The van der Waals surface area contributed by atoms with E-state index < -0.39 is 17.7 Å². The first-order chi connectivity index (χ1) is 11.1. The molecule has 23 heavy (non-hydrogen) atoms. The van der Waals surface area contributed by atoms with Crippen LogP contribution in [0.15, 0.2) is 48.5 Å². The van der Waals surface area contributed by atoms with Gasteiger partial charge >= 0.3 is 5.97 Å². The van der Waals surface area contributed by atoms with Crippen LogP contribution >= 0.6 is 0 Å². The highest BCUT2D eigenvalue weighted by Crippen LogP contribution is 2.19. The Hall–Kier alpha value is -2.40. The van der Waals surface area contributed by atoms with Gasteiger partial charge < -0.3 is 14.6 Å². The molecule has 122 valence electrons. The molecule has 0 saturated heterocycles. The zero-order chi connectivity index (χ0) is 16.7. The molecule has 2 aromatic rings. The van der Waals surface area contributed by atoms with Gasteiger partial charge in [0.2, 0.25) is 0 Å². The Kier molecular flexibility index (Phi) is 6.11. The molecule has 0 saturated carbocycles. The molecular formula is C18H19FO4. The molecule has 0 fully saturated rings. The van der Waals surface area contributed by atoms with Crippen LogP contribution in [0.25, 0.3) is 0 Å². The number of methoxy groups -OCH3 is 1. The van der Waals surface area contributed by atoms with Gasteiger partial charge in [-0.25, -0.2) is 4.39 Å². The molecule has 0 aliphatic rings. The molecule has 0 spiro atoms. The minimum Gasteiger partial charge on any atom is -0.497 e. The molecule has 0 aromatic heterocycles. The third-order valence-corrected chi connectivity index (χ3v) is 3.51. The normalized spacial score (nSPS) is 11.9. The third-order valence-electron chi connectivity index (χ3n) is 3.51. The van der Waals surface area contributed by atoms with Crippen molar-refractivity contribution in [2.75, 3.05) is 13.7 Å². The van der Waals surface area contributed by atoms with Gasteiger partial charge in [0.05, 0.1) is 26.2 Å². The van der Waals surface area contributed by atoms with E-state index in [1.54, 1.807) is 12.1 Å². The van der Waals surface area contributed by atoms with E-state index in [4.69, 9.17) is 9.47 Å². The fourth-order valence-electron chi connectivity index (χ4n) is 2.20. The van der Waals surface area contributed by atoms with Crippen LogP contribution in [-0.2, 0) is 22.6 Å². The highest BCUT2D eigenvalue weighted by atomic mass is 19.1. The van der Waals surface area contributed by atoms with Crippen LogP contribution in [-0.4, -0.2) is 24.8 Å². The van der Waals surface area contributed by atoms with Crippen molar-refractivity contribution in [3.8, 4) is 5.75 Å². The first kappa shape index (κ1) is 17.0. The summed E-state index contributed by atoms with van der Waals surface area (Å²) in [5.74, 6) is -1.88. The quantitative estimate of drug-likeness (QED) is 0.811. The maximum absolute atomic E-state index is 13.9. The Morgan fingerprint density at radius 2 is 1.96 bits per heavy atom. The number of hydrogen-bond donors (Lipinski definition) is 1. The summed E-state index contributed by atoms with van der Waals surface area (Å²) in [6.45, 7) is 0.353. The lowest BCUT2D eigenvalue weighted by Gasteiger charge is -2.14. The first-order valence-electron chi connectivity index (χ1n) is 7.27. The predicted octanol–water partition coefficient (Wildman–Crippen LogP) is 3.29. The van der Waals surface area contributed by atoms with Gasteiger partial charge in [-0.1, -0.05) is 36.4 Å². The van der Waals surface area contributed by atoms with Crippen LogP contribution in [0.2, 0.25) is 0 Å². The number of rotatable bonds is 8. The van der Waals surface area contributed by atoms with Crippen molar-refractivity contribution in [3.63, 3.8) is 0 Å². The second-order valence-electron chi connectivity index (χ2n) is 5.20. The molecule has 1 atom stereocenters. The molecule has 4 nitrogen and oxygen atoms in total. The highest BCUT2D eigenvalue weighted by Gasteiger charge is 2.20. The Morgan fingerprint density at radius 1 is 1.22 bits per heavy atom. The molecule has 2 aromatic carbocycles. The first-order valence-corrected chi connectivity index (χ1v) is 7.27. The lowest BCUT2D eigenvalue weighted by molar-refractivity contribution is -0.144. The lowest BCUT2D eigenvalue weighted by atomic mass is 9.99. The summed E-state index contributed by atoms with van der Waals surface area (Å²) in [5, 5.41) is 9.30. The van der Waals surface area contributed by atoms with Crippen molar-refractivity contribution in [2.45, 2.75) is 13.0 Å². The van der Waals surface area contributed by atoms with Crippen LogP contribution in [0.3, 0.4) is 0 Å². The molecule has 2 rings (SSSR count). The van der Waals surface area contributed by atoms with E-state index in [0.717, 1.165) is 5.56 Å². The van der Waals surface area contributed by atoms with Crippen molar-refractivity contribution >= 4 is 5.97 Å². The molecule has 0 amide bonds. The van der Waals surface area contributed by atoms with Gasteiger partial charge in [0.25, 0.3) is 0 Å². The molecule has 5 heteroatoms. The standard InChI is InChI=1S/C18H19FO4/c1-22-16-8-7-14(17(19)10-16)9-15(18(20)21)12-23-11-13-5-3-2-4-6-13/h2-8,10,15H,9,11-12H2,1H3,(H,20,21)/t15-/m0/s1. The number of carboxylic acid groups (broad SMARTS) is 1. The van der Waals surface area contributed by atoms with E-state index in [9.17, 15) is 14.3 Å². The number of halogens is 1. The minimum absolute atomic E-state index is 0.0235. The Morgan fingerprint density at radius 3 is 2.57 bits per heavy atom. The number of benzene rings is 2. The summed E-state index contributed by atoms with van der Waals surface area (Å²) in [4.78, 5) is 11.4. The van der Waals surface area contributed by atoms with Crippen molar-refractivity contribution in [1.82, 2.24) is 0 Å². The Bertz CT molecular complexity index is 643. The van der Waals surface area contributed by atoms with Crippen LogP contribution in [0.5, 0.6) is 5.75 Å². The van der Waals surface area contributed by atoms with Gasteiger partial charge in [-0.2, -0.15) is 0 Å². The molecule has 0 radical (unpaired) electrons. The average Bonchev–Trinajstić information content (AvgIpc) is 2.56. The molecule has 0 heterocycles. The smallest absolute Gasteiger partial charge is 0.309 e. The third kappa shape index (κ3) is 5.07. The summed E-state index contributed by atoms with van der Waals surface area (Å²) < 4.78 is 24.3. The van der Waals surface area contributed by atoms with Crippen molar-refractivity contribution in [3.05, 3.63) is 65.5 Å². The van der Waals surface area contributed by atoms with E-state index in [2.05, 4.69) is 0 Å². The zero-order valence-electron chi connectivity index (χ0n) is 12.9. The van der Waals surface area contributed by atoms with Crippen LogP contribution in [0, 0.1) is 11.7 Å². The van der Waals surface area contributed by atoms with Gasteiger partial charge in [0, 0.05) is 6.07 Å². The van der Waals surface area contributed by atoms with Crippen molar-refractivity contribution < 1.29 is 23.8 Å². The molecular weight excluding hydrogens is 299 g/mol. The largest absolute Gasteiger partial charge is 0.497 e. The SMILES string of the molecule is COc1ccc(C[C@@H](COCc2ccccc2)C(=O)O)c(F)c1. The predicted molar refractivity (Wildman–Crippen MR) is 83.9 cm³/mol. The Labute approximate surface area is 134 Å². The lowest BCUT2D eigenvalue weighted by Crippen LogP contribution is -2.22. The monoisotopic (exact) mass is 318 g/mol. The van der Waals surface area contributed by atoms with E-state index in [-0.39, 0.29) is 13.0 Å². The fourth-order valence-corrected chi connectivity index (χ4v) is 2.20. The van der Waals surface area contributed by atoms with E-state index in [1.807, 2.05) is 30.3 Å². The van der Waals surface area contributed by atoms with Gasteiger partial charge in [-0.05, 0) is 23.6 Å². The van der Waals surface area contributed by atoms with Gasteiger partial charge in [-0.3, -0.25) is 4.79 Å². The van der Waals surface area contributed by atoms with Crippen LogP contribution in [0.4, 0.5) is 4.39 Å². The van der Waals surface area contributed by atoms with Gasteiger partial charge in [0.15, 0.2) is 0 Å². The van der Waals surface area contributed by atoms with Gasteiger partial charge in [0.1, 0.15) is 11.6 Å². The molecule has 1 N–H and O–H groups in total. The summed E-state index contributed by atoms with van der Waals surface area (Å²) >= 11 is 0. The topological polar surface area (TPSA) is 55.8 Å². The zero-order valence-corrected chi connectivity index (χ0v) is 12.9. The maximum Gasteiger partial charge on any atom is 0.309 e. The number of carboxylic acids is 1. The summed E-state index contributed by atoms with van der Waals surface area (Å²) in [5.41, 5.74) is 1.30. The average molecular weight is 318 g/mol. The number of aliphatic carboxylic acids is 1. The summed E-state index contributed by atoms with van der Waals surface area (Å²) in [7, 11) is 1.45. The second kappa shape index (κ2) is 8.29. The van der Waals surface area contributed by atoms with E-state index in [0.29, 0.717) is 17.9 Å². The number of ether oxygens (including phenoxy) is 2. The molecule has 0 unspecified atom stereocenters. The second-order valence-corrected chi connectivity index (χ2v) is 5.20. The number of hydrogen-bond acceptors (Lipinski definition) is 3. The van der Waals surface area contributed by atoms with Gasteiger partial charge in [-0.15, -0.1) is 0 Å². The number of carbonyl (C=O) groups is 1. The molecule has 0 bridgehead atoms. The minimum atomic E-state index is -1.01. The van der Waals surface area contributed by atoms with E-state index >= 15 is 0 Å². The molecule has 0 aliphatic heterocycles. The van der Waals surface area contributed by atoms with E-state index in [1.165, 1.54) is 13.2 Å². The maximum atomic E-state index is 13.9. The highest BCUT2D eigenvalue weighted by molar-refractivity contribution is 5.70. The molecule has 0 aliphatic carbocycles. The summed E-state index contributed by atoms with van der Waals surface area (Å²) in [6.07, 6.45) is 0.0694.